The number of carbonyl (C=O) groups is 1. The van der Waals surface area contributed by atoms with Crippen molar-refractivity contribution in [2.24, 2.45) is 0 Å². The molecule has 3 heterocycles. The average Bonchev–Trinajstić information content (AvgIpc) is 3.19. The Hall–Kier alpha value is -1.92. The Balaban J connectivity index is 1.50. The first-order valence-electron chi connectivity index (χ1n) is 9.39. The fourth-order valence-corrected chi connectivity index (χ4v) is 4.38. The number of benzene rings is 1. The van der Waals surface area contributed by atoms with Crippen molar-refractivity contribution in [1.82, 2.24) is 9.88 Å². The molecule has 5 nitrogen and oxygen atoms in total. The third-order valence-electron chi connectivity index (χ3n) is 5.52. The van der Waals surface area contributed by atoms with E-state index >= 15 is 0 Å². The second kappa shape index (κ2) is 7.98. The van der Waals surface area contributed by atoms with E-state index in [0.29, 0.717) is 32.2 Å². The van der Waals surface area contributed by atoms with Crippen LogP contribution in [-0.4, -0.2) is 48.2 Å². The maximum atomic E-state index is 13.6. The minimum atomic E-state index is -0.486. The highest BCUT2D eigenvalue weighted by molar-refractivity contribution is 9.10. The first-order valence-corrected chi connectivity index (χ1v) is 10.2. The summed E-state index contributed by atoms with van der Waals surface area (Å²) in [5.74, 6) is 0.781. The zero-order valence-electron chi connectivity index (χ0n) is 15.1. The van der Waals surface area contributed by atoms with E-state index in [-0.39, 0.29) is 12.0 Å². The van der Waals surface area contributed by atoms with Gasteiger partial charge in [0.1, 0.15) is 6.10 Å². The van der Waals surface area contributed by atoms with Gasteiger partial charge in [-0.05, 0) is 46.5 Å². The van der Waals surface area contributed by atoms with Crippen LogP contribution < -0.4 is 4.74 Å². The molecule has 1 unspecified atom stereocenters. The summed E-state index contributed by atoms with van der Waals surface area (Å²) in [4.78, 5) is 19.8. The Morgan fingerprint density at radius 1 is 1.19 bits per heavy atom. The van der Waals surface area contributed by atoms with Gasteiger partial charge in [0.25, 0.3) is 0 Å². The molecule has 2 aromatic rings. The van der Waals surface area contributed by atoms with Crippen LogP contribution in [0.4, 0.5) is 0 Å². The first kappa shape index (κ1) is 18.4. The molecule has 2 fully saturated rings. The van der Waals surface area contributed by atoms with Gasteiger partial charge in [0, 0.05) is 32.4 Å². The Kier molecular flexibility index (Phi) is 5.45. The second-order valence-corrected chi connectivity index (χ2v) is 7.98. The molecule has 1 aromatic carbocycles. The van der Waals surface area contributed by atoms with E-state index in [2.05, 4.69) is 33.0 Å². The quantitative estimate of drug-likeness (QED) is 0.743. The smallest absolute Gasteiger partial charge is 0.233 e. The lowest BCUT2D eigenvalue weighted by molar-refractivity contribution is -0.140. The second-order valence-electron chi connectivity index (χ2n) is 7.13. The number of carbonyl (C=O) groups excluding carboxylic acids is 1. The number of likely N-dealkylation sites (tertiary alicyclic amines) is 1. The van der Waals surface area contributed by atoms with Crippen LogP contribution in [0.2, 0.25) is 0 Å². The van der Waals surface area contributed by atoms with Crippen molar-refractivity contribution in [2.45, 2.75) is 30.8 Å². The SMILES string of the molecule is O=C(N1CCC(Oc2ncccc2Br)C1)C1(c2ccccc2)CCOCC1. The van der Waals surface area contributed by atoms with Crippen LogP contribution in [0.5, 0.6) is 5.88 Å². The van der Waals surface area contributed by atoms with Gasteiger partial charge in [-0.25, -0.2) is 4.98 Å². The van der Waals surface area contributed by atoms with Gasteiger partial charge < -0.3 is 14.4 Å². The van der Waals surface area contributed by atoms with Crippen LogP contribution >= 0.6 is 15.9 Å². The molecule has 0 N–H and O–H groups in total. The molecule has 0 spiro atoms. The van der Waals surface area contributed by atoms with Gasteiger partial charge >= 0.3 is 0 Å². The molecule has 0 bridgehead atoms. The first-order chi connectivity index (χ1) is 13.2. The molecule has 2 aliphatic rings. The van der Waals surface area contributed by atoms with E-state index in [1.165, 1.54) is 0 Å². The number of ether oxygens (including phenoxy) is 2. The molecule has 4 rings (SSSR count). The third-order valence-corrected chi connectivity index (χ3v) is 6.12. The molecule has 6 heteroatoms. The van der Waals surface area contributed by atoms with Gasteiger partial charge in [0.05, 0.1) is 16.4 Å². The van der Waals surface area contributed by atoms with Crippen molar-refractivity contribution in [1.29, 1.82) is 0 Å². The zero-order chi connectivity index (χ0) is 18.7. The highest BCUT2D eigenvalue weighted by Crippen LogP contribution is 2.38. The van der Waals surface area contributed by atoms with Crippen molar-refractivity contribution in [2.75, 3.05) is 26.3 Å². The van der Waals surface area contributed by atoms with Crippen LogP contribution in [0.1, 0.15) is 24.8 Å². The predicted octanol–water partition coefficient (Wildman–Crippen LogP) is 3.57. The van der Waals surface area contributed by atoms with E-state index < -0.39 is 5.41 Å². The molecule has 1 amide bonds. The highest BCUT2D eigenvalue weighted by Gasteiger charge is 2.45. The summed E-state index contributed by atoms with van der Waals surface area (Å²) in [5, 5.41) is 0. The van der Waals surface area contributed by atoms with E-state index in [4.69, 9.17) is 9.47 Å². The van der Waals surface area contributed by atoms with Crippen molar-refractivity contribution < 1.29 is 14.3 Å². The number of halogens is 1. The van der Waals surface area contributed by atoms with E-state index in [0.717, 1.165) is 29.3 Å². The Morgan fingerprint density at radius 2 is 1.96 bits per heavy atom. The molecule has 0 saturated carbocycles. The van der Waals surface area contributed by atoms with Gasteiger partial charge in [-0.2, -0.15) is 0 Å². The average molecular weight is 431 g/mol. The summed E-state index contributed by atoms with van der Waals surface area (Å²) in [7, 11) is 0. The van der Waals surface area contributed by atoms with Gasteiger partial charge in [0.15, 0.2) is 0 Å². The summed E-state index contributed by atoms with van der Waals surface area (Å²) in [6.07, 6.45) is 3.95. The lowest BCUT2D eigenvalue weighted by Gasteiger charge is -2.39. The molecule has 27 heavy (non-hydrogen) atoms. The van der Waals surface area contributed by atoms with E-state index in [1.807, 2.05) is 35.2 Å². The van der Waals surface area contributed by atoms with Gasteiger partial charge in [0.2, 0.25) is 11.8 Å². The van der Waals surface area contributed by atoms with Crippen LogP contribution in [0.15, 0.2) is 53.1 Å². The molecule has 2 aliphatic heterocycles. The summed E-state index contributed by atoms with van der Waals surface area (Å²) in [5.41, 5.74) is 0.607. The van der Waals surface area contributed by atoms with Crippen LogP contribution in [-0.2, 0) is 14.9 Å². The fourth-order valence-electron chi connectivity index (χ4n) is 4.03. The number of rotatable bonds is 4. The predicted molar refractivity (Wildman–Crippen MR) is 106 cm³/mol. The maximum Gasteiger partial charge on any atom is 0.233 e. The fraction of sp³-hybridized carbons (Fsp3) is 0.429. The molecule has 0 radical (unpaired) electrons. The van der Waals surface area contributed by atoms with Crippen molar-refractivity contribution in [3.05, 3.63) is 58.7 Å². The van der Waals surface area contributed by atoms with Crippen molar-refractivity contribution >= 4 is 21.8 Å². The monoisotopic (exact) mass is 430 g/mol. The third kappa shape index (κ3) is 3.73. The summed E-state index contributed by atoms with van der Waals surface area (Å²) >= 11 is 3.47. The molecule has 142 valence electrons. The number of nitrogens with zero attached hydrogens (tertiary/aromatic N) is 2. The van der Waals surface area contributed by atoms with Crippen LogP contribution in [0.3, 0.4) is 0 Å². The van der Waals surface area contributed by atoms with Crippen LogP contribution in [0.25, 0.3) is 0 Å². The van der Waals surface area contributed by atoms with Crippen LogP contribution in [0, 0.1) is 0 Å². The lowest BCUT2D eigenvalue weighted by Crippen LogP contribution is -2.49. The Labute approximate surface area is 167 Å². The Bertz CT molecular complexity index is 793. The number of hydrogen-bond acceptors (Lipinski definition) is 4. The Morgan fingerprint density at radius 3 is 2.70 bits per heavy atom. The van der Waals surface area contributed by atoms with E-state index in [9.17, 15) is 4.79 Å². The van der Waals surface area contributed by atoms with Crippen molar-refractivity contribution in [3.63, 3.8) is 0 Å². The summed E-state index contributed by atoms with van der Waals surface area (Å²) < 4.78 is 12.4. The zero-order valence-corrected chi connectivity index (χ0v) is 16.7. The molecule has 0 aliphatic carbocycles. The molecular weight excluding hydrogens is 408 g/mol. The molecule has 1 atom stereocenters. The normalized spacial score (nSPS) is 21.8. The van der Waals surface area contributed by atoms with Gasteiger partial charge in [-0.1, -0.05) is 30.3 Å². The number of amides is 1. The van der Waals surface area contributed by atoms with E-state index in [1.54, 1.807) is 6.20 Å². The minimum Gasteiger partial charge on any atom is -0.472 e. The number of aromatic nitrogens is 1. The standard InChI is InChI=1S/C21H23BrN2O3/c22-18-7-4-11-23-19(18)27-17-8-12-24(15-17)20(25)21(9-13-26-14-10-21)16-5-2-1-3-6-16/h1-7,11,17H,8-10,12-15H2. The number of hydrogen-bond donors (Lipinski definition) is 0. The lowest BCUT2D eigenvalue weighted by atomic mass is 9.73. The highest BCUT2D eigenvalue weighted by atomic mass is 79.9. The maximum absolute atomic E-state index is 13.6. The molecular formula is C21H23BrN2O3. The largest absolute Gasteiger partial charge is 0.472 e. The summed E-state index contributed by atoms with van der Waals surface area (Å²) in [6.45, 7) is 2.55. The topological polar surface area (TPSA) is 51.7 Å². The van der Waals surface area contributed by atoms with Gasteiger partial charge in [-0.3, -0.25) is 4.79 Å². The van der Waals surface area contributed by atoms with Crippen molar-refractivity contribution in [3.8, 4) is 5.88 Å². The number of pyridine rings is 1. The molecule has 1 aromatic heterocycles. The van der Waals surface area contributed by atoms with Gasteiger partial charge in [-0.15, -0.1) is 0 Å². The summed E-state index contributed by atoms with van der Waals surface area (Å²) in [6, 6.07) is 13.9. The minimum absolute atomic E-state index is 0.0344. The molecule has 2 saturated heterocycles.